The molecule has 9 heteroatoms. The molecule has 0 unspecified atom stereocenters. The predicted molar refractivity (Wildman–Crippen MR) is 169 cm³/mol. The van der Waals surface area contributed by atoms with Gasteiger partial charge >= 0.3 is 0 Å². The van der Waals surface area contributed by atoms with Gasteiger partial charge < -0.3 is 14.2 Å². The van der Waals surface area contributed by atoms with Gasteiger partial charge in [-0.1, -0.05) is 54.6 Å². The highest BCUT2D eigenvalue weighted by molar-refractivity contribution is 14.1. The molecule has 0 radical (unpaired) electrons. The lowest BCUT2D eigenvalue weighted by molar-refractivity contribution is -0.123. The van der Waals surface area contributed by atoms with E-state index in [1.54, 1.807) is 13.3 Å². The topological polar surface area (TPSA) is 69.2 Å². The summed E-state index contributed by atoms with van der Waals surface area (Å²) in [6, 6.07) is 26.1. The number of fused-ring (bicyclic) bond motifs is 1. The van der Waals surface area contributed by atoms with Gasteiger partial charge in [0.1, 0.15) is 12.4 Å². The SMILES string of the molecule is COc1cc(/C=N\NC(=O)COc2ccc(C3SCCS3)cc2)cc(I)c1OCc1cccc2ccccc12. The van der Waals surface area contributed by atoms with Crippen molar-refractivity contribution < 1.29 is 19.0 Å². The summed E-state index contributed by atoms with van der Waals surface area (Å²) in [6.07, 6.45) is 1.57. The fraction of sp³-hybridized carbons (Fsp3) is 0.200. The van der Waals surface area contributed by atoms with Gasteiger partial charge in [-0.05, 0) is 74.3 Å². The number of ether oxygens (including phenoxy) is 3. The Labute approximate surface area is 250 Å². The van der Waals surface area contributed by atoms with E-state index in [0.717, 1.165) is 20.1 Å². The highest BCUT2D eigenvalue weighted by atomic mass is 127. The molecule has 6 nitrogen and oxygen atoms in total. The molecule has 0 aliphatic carbocycles. The zero-order valence-corrected chi connectivity index (χ0v) is 25.1. The highest BCUT2D eigenvalue weighted by Gasteiger charge is 2.18. The van der Waals surface area contributed by atoms with E-state index in [-0.39, 0.29) is 12.5 Å². The predicted octanol–water partition coefficient (Wildman–Crippen LogP) is 7.04. The number of carbonyl (C=O) groups is 1. The second-order valence-corrected chi connectivity index (χ2v) is 12.6. The maximum absolute atomic E-state index is 12.2. The van der Waals surface area contributed by atoms with Gasteiger partial charge in [0.25, 0.3) is 5.91 Å². The zero-order chi connectivity index (χ0) is 27.0. The molecule has 1 N–H and O–H groups in total. The summed E-state index contributed by atoms with van der Waals surface area (Å²) < 4.78 is 18.8. The number of halogens is 1. The van der Waals surface area contributed by atoms with Crippen LogP contribution in [0.3, 0.4) is 0 Å². The summed E-state index contributed by atoms with van der Waals surface area (Å²) in [5.41, 5.74) is 5.67. The molecular formula is C30H27IN2O4S2. The lowest BCUT2D eigenvalue weighted by Crippen LogP contribution is -2.24. The largest absolute Gasteiger partial charge is 0.493 e. The molecule has 0 atom stereocenters. The number of carbonyl (C=O) groups excluding carboxylic acids is 1. The molecule has 1 aliphatic rings. The van der Waals surface area contributed by atoms with Crippen LogP contribution in [0.4, 0.5) is 0 Å². The Bertz CT molecular complexity index is 1470. The molecule has 0 bridgehead atoms. The Hall–Kier alpha value is -2.89. The number of hydrazone groups is 1. The molecule has 200 valence electrons. The van der Waals surface area contributed by atoms with E-state index in [4.69, 9.17) is 14.2 Å². The minimum Gasteiger partial charge on any atom is -0.493 e. The number of hydrogen-bond donors (Lipinski definition) is 1. The molecule has 39 heavy (non-hydrogen) atoms. The van der Waals surface area contributed by atoms with E-state index in [9.17, 15) is 4.79 Å². The van der Waals surface area contributed by atoms with Gasteiger partial charge in [0, 0.05) is 11.5 Å². The van der Waals surface area contributed by atoms with Crippen molar-refractivity contribution in [3.8, 4) is 17.2 Å². The van der Waals surface area contributed by atoms with Gasteiger partial charge in [0.2, 0.25) is 0 Å². The van der Waals surface area contributed by atoms with Gasteiger partial charge in [-0.2, -0.15) is 5.10 Å². The maximum Gasteiger partial charge on any atom is 0.277 e. The first-order chi connectivity index (χ1) is 19.1. The van der Waals surface area contributed by atoms with Crippen LogP contribution in [-0.2, 0) is 11.4 Å². The number of rotatable bonds is 10. The van der Waals surface area contributed by atoms with Crippen LogP contribution in [0, 0.1) is 3.57 Å². The Morgan fingerprint density at radius 1 is 1.03 bits per heavy atom. The molecule has 4 aromatic rings. The van der Waals surface area contributed by atoms with Gasteiger partial charge in [0.05, 0.1) is 21.5 Å². The van der Waals surface area contributed by atoms with Gasteiger partial charge in [-0.15, -0.1) is 23.5 Å². The van der Waals surface area contributed by atoms with Crippen molar-refractivity contribution in [3.63, 3.8) is 0 Å². The Kier molecular flexibility index (Phi) is 9.54. The van der Waals surface area contributed by atoms with E-state index in [1.165, 1.54) is 22.5 Å². The second-order valence-electron chi connectivity index (χ2n) is 8.69. The molecule has 1 fully saturated rings. The van der Waals surface area contributed by atoms with Gasteiger partial charge in [0.15, 0.2) is 18.1 Å². The quantitative estimate of drug-likeness (QED) is 0.111. The van der Waals surface area contributed by atoms with Crippen LogP contribution in [0.1, 0.15) is 21.3 Å². The first-order valence-electron chi connectivity index (χ1n) is 12.4. The van der Waals surface area contributed by atoms with Crippen molar-refractivity contribution in [2.24, 2.45) is 5.10 Å². The number of methoxy groups -OCH3 is 1. The monoisotopic (exact) mass is 670 g/mol. The van der Waals surface area contributed by atoms with Crippen LogP contribution in [0.25, 0.3) is 10.8 Å². The first kappa shape index (κ1) is 27.7. The number of benzene rings is 4. The summed E-state index contributed by atoms with van der Waals surface area (Å²) in [5.74, 6) is 3.94. The Morgan fingerprint density at radius 2 is 1.79 bits per heavy atom. The van der Waals surface area contributed by atoms with Crippen LogP contribution in [0.2, 0.25) is 0 Å². The summed E-state index contributed by atoms with van der Waals surface area (Å²) in [5, 5.41) is 6.42. The highest BCUT2D eigenvalue weighted by Crippen LogP contribution is 2.45. The van der Waals surface area contributed by atoms with E-state index in [1.807, 2.05) is 66.0 Å². The molecule has 0 saturated carbocycles. The van der Waals surface area contributed by atoms with Crippen molar-refractivity contribution in [1.82, 2.24) is 5.43 Å². The lowest BCUT2D eigenvalue weighted by atomic mass is 10.1. The third-order valence-electron chi connectivity index (χ3n) is 6.05. The minimum absolute atomic E-state index is 0.120. The number of nitrogens with one attached hydrogen (secondary N) is 1. The molecular weight excluding hydrogens is 643 g/mol. The Balaban J connectivity index is 1.15. The lowest BCUT2D eigenvalue weighted by Gasteiger charge is -2.14. The van der Waals surface area contributed by atoms with Crippen molar-refractivity contribution >= 4 is 69.0 Å². The average molecular weight is 671 g/mol. The van der Waals surface area contributed by atoms with Gasteiger partial charge in [-0.25, -0.2) is 5.43 Å². The summed E-state index contributed by atoms with van der Waals surface area (Å²) in [4.78, 5) is 12.2. The molecule has 1 aliphatic heterocycles. The first-order valence-corrected chi connectivity index (χ1v) is 15.5. The zero-order valence-electron chi connectivity index (χ0n) is 21.3. The summed E-state index contributed by atoms with van der Waals surface area (Å²) >= 11 is 6.14. The summed E-state index contributed by atoms with van der Waals surface area (Å²) in [6.45, 7) is 0.295. The van der Waals surface area contributed by atoms with Gasteiger partial charge in [-0.3, -0.25) is 4.79 Å². The minimum atomic E-state index is -0.339. The third kappa shape index (κ3) is 7.20. The maximum atomic E-state index is 12.2. The fourth-order valence-electron chi connectivity index (χ4n) is 4.15. The fourth-order valence-corrected chi connectivity index (χ4v) is 7.80. The van der Waals surface area contributed by atoms with Crippen molar-refractivity contribution in [3.05, 3.63) is 99.1 Å². The van der Waals surface area contributed by atoms with Crippen LogP contribution < -0.4 is 19.6 Å². The van der Waals surface area contributed by atoms with E-state index < -0.39 is 0 Å². The number of nitrogens with zero attached hydrogens (tertiary/aromatic N) is 1. The number of thioether (sulfide) groups is 2. The van der Waals surface area contributed by atoms with Crippen molar-refractivity contribution in [1.29, 1.82) is 0 Å². The normalized spacial score (nSPS) is 13.6. The van der Waals surface area contributed by atoms with Crippen LogP contribution in [0.15, 0.2) is 84.0 Å². The van der Waals surface area contributed by atoms with E-state index in [2.05, 4.69) is 69.5 Å². The van der Waals surface area contributed by atoms with Crippen molar-refractivity contribution in [2.45, 2.75) is 11.2 Å². The Morgan fingerprint density at radius 3 is 2.59 bits per heavy atom. The third-order valence-corrected chi connectivity index (χ3v) is 9.96. The number of hydrogen-bond acceptors (Lipinski definition) is 7. The van der Waals surface area contributed by atoms with Crippen LogP contribution >= 0.6 is 46.1 Å². The van der Waals surface area contributed by atoms with E-state index in [0.29, 0.717) is 28.4 Å². The molecule has 4 aromatic carbocycles. The molecule has 0 aromatic heterocycles. The molecule has 5 rings (SSSR count). The smallest absolute Gasteiger partial charge is 0.277 e. The van der Waals surface area contributed by atoms with Crippen molar-refractivity contribution in [2.75, 3.05) is 25.2 Å². The van der Waals surface area contributed by atoms with E-state index >= 15 is 0 Å². The average Bonchev–Trinajstić information content (AvgIpc) is 3.51. The molecule has 1 saturated heterocycles. The van der Waals surface area contributed by atoms with Crippen LogP contribution in [-0.4, -0.2) is 37.3 Å². The number of amides is 1. The molecule has 1 amide bonds. The van der Waals surface area contributed by atoms with Crippen LogP contribution in [0.5, 0.6) is 17.2 Å². The second kappa shape index (κ2) is 13.5. The molecule has 0 spiro atoms. The standard InChI is InChI=1S/C30H27IN2O4S2/c1-35-27-16-20(15-26(31)29(27)37-18-23-7-4-6-21-5-2-3-8-25(21)23)17-32-33-28(34)19-36-24-11-9-22(10-12-24)30-38-13-14-39-30/h2-12,15-17,30H,13-14,18-19H2,1H3,(H,33,34)/b32-17-. The molecule has 1 heterocycles. The summed E-state index contributed by atoms with van der Waals surface area (Å²) in [7, 11) is 1.61.